The second-order valence-corrected chi connectivity index (χ2v) is 11.6. The minimum atomic E-state index is -0.396. The van der Waals surface area contributed by atoms with E-state index < -0.39 is 5.60 Å². The summed E-state index contributed by atoms with van der Waals surface area (Å²) in [7, 11) is 0. The Kier molecular flexibility index (Phi) is 26.0. The van der Waals surface area contributed by atoms with Crippen molar-refractivity contribution in [3.05, 3.63) is 0 Å². The van der Waals surface area contributed by atoms with Gasteiger partial charge in [0.15, 0.2) is 0 Å². The van der Waals surface area contributed by atoms with Crippen molar-refractivity contribution in [2.24, 2.45) is 5.92 Å². The standard InChI is InChI=1S/C33H68O/c1-5-9-13-16-17-18-19-20-21-22-23-25-29-32(28-24-12-8-4)33(34,30-26-14-10-6-2)31-27-15-11-7-3/h32,34H,5-31H2,1-4H3. The maximum Gasteiger partial charge on any atom is 0.0675 e. The second-order valence-electron chi connectivity index (χ2n) is 11.6. The van der Waals surface area contributed by atoms with Crippen LogP contribution in [0.1, 0.15) is 201 Å². The molecule has 0 saturated heterocycles. The maximum absolute atomic E-state index is 11.9. The van der Waals surface area contributed by atoms with Crippen LogP contribution in [-0.2, 0) is 0 Å². The molecule has 1 heteroatoms. The highest BCUT2D eigenvalue weighted by Crippen LogP contribution is 2.37. The maximum atomic E-state index is 11.9. The summed E-state index contributed by atoms with van der Waals surface area (Å²) in [6.45, 7) is 9.19. The van der Waals surface area contributed by atoms with Crippen LogP contribution in [0.25, 0.3) is 0 Å². The van der Waals surface area contributed by atoms with Gasteiger partial charge in [0.25, 0.3) is 0 Å². The number of aliphatic hydroxyl groups is 1. The molecule has 206 valence electrons. The van der Waals surface area contributed by atoms with Gasteiger partial charge < -0.3 is 5.11 Å². The van der Waals surface area contributed by atoms with Gasteiger partial charge in [-0.15, -0.1) is 0 Å². The minimum absolute atomic E-state index is 0.396. The molecule has 0 aliphatic carbocycles. The van der Waals surface area contributed by atoms with E-state index in [1.165, 1.54) is 161 Å². The van der Waals surface area contributed by atoms with Crippen LogP contribution in [0.3, 0.4) is 0 Å². The lowest BCUT2D eigenvalue weighted by molar-refractivity contribution is -0.0456. The van der Waals surface area contributed by atoms with Gasteiger partial charge >= 0.3 is 0 Å². The molecule has 0 rings (SSSR count). The molecule has 0 aromatic rings. The molecule has 0 saturated carbocycles. The molecule has 1 N–H and O–H groups in total. The van der Waals surface area contributed by atoms with Crippen molar-refractivity contribution in [2.75, 3.05) is 0 Å². The minimum Gasteiger partial charge on any atom is -0.390 e. The summed E-state index contributed by atoms with van der Waals surface area (Å²) in [5, 5.41) is 11.9. The Morgan fingerprint density at radius 3 is 1.03 bits per heavy atom. The van der Waals surface area contributed by atoms with Gasteiger partial charge in [0.1, 0.15) is 0 Å². The molecule has 0 radical (unpaired) electrons. The predicted molar refractivity (Wildman–Crippen MR) is 156 cm³/mol. The van der Waals surface area contributed by atoms with Crippen LogP contribution in [0.2, 0.25) is 0 Å². The first-order valence-corrected chi connectivity index (χ1v) is 16.4. The normalized spacial score (nSPS) is 13.0. The number of unbranched alkanes of at least 4 members (excludes halogenated alkanes) is 19. The van der Waals surface area contributed by atoms with Crippen LogP contribution in [0.15, 0.2) is 0 Å². The Morgan fingerprint density at radius 2 is 0.647 bits per heavy atom. The van der Waals surface area contributed by atoms with Gasteiger partial charge in [-0.2, -0.15) is 0 Å². The van der Waals surface area contributed by atoms with Crippen molar-refractivity contribution < 1.29 is 5.11 Å². The zero-order chi connectivity index (χ0) is 25.2. The second kappa shape index (κ2) is 26.0. The Labute approximate surface area is 217 Å². The summed E-state index contributed by atoms with van der Waals surface area (Å²) in [4.78, 5) is 0. The molecule has 0 fully saturated rings. The molecule has 0 aromatic heterocycles. The third-order valence-corrected chi connectivity index (χ3v) is 8.25. The topological polar surface area (TPSA) is 20.2 Å². The Morgan fingerprint density at radius 1 is 0.382 bits per heavy atom. The quantitative estimate of drug-likeness (QED) is 0.110. The van der Waals surface area contributed by atoms with E-state index in [0.717, 1.165) is 12.8 Å². The molecule has 0 aliphatic rings. The van der Waals surface area contributed by atoms with E-state index in [2.05, 4.69) is 27.7 Å². The molecule has 0 heterocycles. The molecule has 1 unspecified atom stereocenters. The SMILES string of the molecule is CCCCCCCCCCCCCCC(CCCCC)C(O)(CCCCCC)CCCCCC. The first kappa shape index (κ1) is 34.0. The van der Waals surface area contributed by atoms with Crippen molar-refractivity contribution in [1.82, 2.24) is 0 Å². The molecule has 0 amide bonds. The lowest BCUT2D eigenvalue weighted by atomic mass is 9.74. The van der Waals surface area contributed by atoms with Gasteiger partial charge in [0.2, 0.25) is 0 Å². The summed E-state index contributed by atoms with van der Waals surface area (Å²) in [6.07, 6.45) is 35.8. The molecule has 34 heavy (non-hydrogen) atoms. The van der Waals surface area contributed by atoms with Crippen LogP contribution in [0.5, 0.6) is 0 Å². The molecule has 0 spiro atoms. The molecule has 0 bridgehead atoms. The monoisotopic (exact) mass is 481 g/mol. The first-order valence-electron chi connectivity index (χ1n) is 16.4. The average Bonchev–Trinajstić information content (AvgIpc) is 2.84. The highest BCUT2D eigenvalue weighted by molar-refractivity contribution is 4.87. The van der Waals surface area contributed by atoms with E-state index in [4.69, 9.17) is 0 Å². The summed E-state index contributed by atoms with van der Waals surface area (Å²) in [5.41, 5.74) is -0.396. The molecule has 1 atom stereocenters. The van der Waals surface area contributed by atoms with E-state index in [-0.39, 0.29) is 0 Å². The first-order chi connectivity index (χ1) is 16.6. The fourth-order valence-electron chi connectivity index (χ4n) is 5.80. The van der Waals surface area contributed by atoms with Gasteiger partial charge in [-0.25, -0.2) is 0 Å². The van der Waals surface area contributed by atoms with Gasteiger partial charge in [-0.3, -0.25) is 0 Å². The van der Waals surface area contributed by atoms with Crippen molar-refractivity contribution in [2.45, 2.75) is 207 Å². The van der Waals surface area contributed by atoms with Crippen molar-refractivity contribution in [3.63, 3.8) is 0 Å². The number of hydrogen-bond acceptors (Lipinski definition) is 1. The lowest BCUT2D eigenvalue weighted by Crippen LogP contribution is -2.38. The Balaban J connectivity index is 4.43. The third-order valence-electron chi connectivity index (χ3n) is 8.25. The van der Waals surface area contributed by atoms with Crippen LogP contribution < -0.4 is 0 Å². The summed E-state index contributed by atoms with van der Waals surface area (Å²) in [5.74, 6) is 0.533. The Bertz CT molecular complexity index is 365. The van der Waals surface area contributed by atoms with E-state index in [0.29, 0.717) is 5.92 Å². The number of hydrogen-bond donors (Lipinski definition) is 1. The van der Waals surface area contributed by atoms with E-state index >= 15 is 0 Å². The van der Waals surface area contributed by atoms with Gasteiger partial charge in [0.05, 0.1) is 5.60 Å². The van der Waals surface area contributed by atoms with Crippen LogP contribution in [-0.4, -0.2) is 10.7 Å². The van der Waals surface area contributed by atoms with Crippen molar-refractivity contribution in [3.8, 4) is 0 Å². The highest BCUT2D eigenvalue weighted by atomic mass is 16.3. The molecule has 0 aliphatic heterocycles. The Hall–Kier alpha value is -0.0400. The smallest absolute Gasteiger partial charge is 0.0675 e. The van der Waals surface area contributed by atoms with E-state index in [9.17, 15) is 5.11 Å². The zero-order valence-electron chi connectivity index (χ0n) is 24.6. The molecular formula is C33H68O. The fourth-order valence-corrected chi connectivity index (χ4v) is 5.80. The van der Waals surface area contributed by atoms with Gasteiger partial charge in [-0.1, -0.05) is 175 Å². The van der Waals surface area contributed by atoms with Gasteiger partial charge in [0, 0.05) is 0 Å². The highest BCUT2D eigenvalue weighted by Gasteiger charge is 2.34. The summed E-state index contributed by atoms with van der Waals surface area (Å²) in [6, 6.07) is 0. The van der Waals surface area contributed by atoms with Crippen molar-refractivity contribution >= 4 is 0 Å². The largest absolute Gasteiger partial charge is 0.390 e. The average molecular weight is 481 g/mol. The van der Waals surface area contributed by atoms with E-state index in [1.807, 2.05) is 0 Å². The molecular weight excluding hydrogens is 412 g/mol. The zero-order valence-corrected chi connectivity index (χ0v) is 24.6. The molecule has 0 aromatic carbocycles. The number of rotatable bonds is 28. The van der Waals surface area contributed by atoms with Crippen LogP contribution >= 0.6 is 0 Å². The summed E-state index contributed by atoms with van der Waals surface area (Å²) < 4.78 is 0. The van der Waals surface area contributed by atoms with Crippen LogP contribution in [0.4, 0.5) is 0 Å². The predicted octanol–water partition coefficient (Wildman–Crippen LogP) is 11.9. The van der Waals surface area contributed by atoms with Crippen LogP contribution in [0, 0.1) is 5.92 Å². The molecule has 1 nitrogen and oxygen atoms in total. The fraction of sp³-hybridized carbons (Fsp3) is 1.00. The lowest BCUT2D eigenvalue weighted by Gasteiger charge is -2.37. The summed E-state index contributed by atoms with van der Waals surface area (Å²) >= 11 is 0. The van der Waals surface area contributed by atoms with Crippen molar-refractivity contribution in [1.29, 1.82) is 0 Å². The van der Waals surface area contributed by atoms with Gasteiger partial charge in [-0.05, 0) is 31.6 Å². The third kappa shape index (κ3) is 20.2. The van der Waals surface area contributed by atoms with E-state index in [1.54, 1.807) is 0 Å².